The second-order valence-electron chi connectivity index (χ2n) is 7.41. The summed E-state index contributed by atoms with van der Waals surface area (Å²) in [6.45, 7) is 4.35. The minimum atomic E-state index is -0.465. The van der Waals surface area contributed by atoms with Crippen molar-refractivity contribution >= 4 is 23.3 Å². The third kappa shape index (κ3) is 5.15. The van der Waals surface area contributed by atoms with Gasteiger partial charge in [0.05, 0.1) is 6.54 Å². The first-order chi connectivity index (χ1) is 15.4. The van der Waals surface area contributed by atoms with Gasteiger partial charge in [-0.1, -0.05) is 35.9 Å². The van der Waals surface area contributed by atoms with Crippen LogP contribution in [0.3, 0.4) is 0 Å². The smallest absolute Gasteiger partial charge is 0.277 e. The Labute approximate surface area is 189 Å². The van der Waals surface area contributed by atoms with Gasteiger partial charge >= 0.3 is 0 Å². The first kappa shape index (κ1) is 21.6. The molecule has 4 aromatic rings. The summed E-state index contributed by atoms with van der Waals surface area (Å²) in [6.07, 6.45) is 3.18. The first-order valence-electron chi connectivity index (χ1n) is 9.89. The molecule has 4 rings (SSSR count). The van der Waals surface area contributed by atoms with Gasteiger partial charge in [-0.05, 0) is 49.2 Å². The molecule has 7 nitrogen and oxygen atoms in total. The van der Waals surface area contributed by atoms with Gasteiger partial charge in [-0.25, -0.2) is 9.07 Å². The molecule has 2 aromatic carbocycles. The van der Waals surface area contributed by atoms with Crippen LogP contribution in [0.5, 0.6) is 5.75 Å². The highest BCUT2D eigenvalue weighted by molar-refractivity contribution is 6.33. The lowest BCUT2D eigenvalue weighted by Crippen LogP contribution is -2.15. The molecule has 0 aliphatic heterocycles. The zero-order chi connectivity index (χ0) is 22.7. The number of aromatic nitrogens is 4. The van der Waals surface area contributed by atoms with E-state index in [1.54, 1.807) is 30.5 Å². The molecule has 0 spiro atoms. The lowest BCUT2D eigenvalue weighted by Gasteiger charge is -2.08. The fourth-order valence-corrected chi connectivity index (χ4v) is 3.44. The van der Waals surface area contributed by atoms with Gasteiger partial charge in [-0.2, -0.15) is 10.2 Å². The number of anilines is 1. The van der Waals surface area contributed by atoms with Gasteiger partial charge in [-0.15, -0.1) is 0 Å². The number of carbonyl (C=O) groups is 1. The van der Waals surface area contributed by atoms with Crippen LogP contribution in [0, 0.1) is 19.7 Å². The number of hydrogen-bond donors (Lipinski definition) is 1. The molecule has 0 radical (unpaired) electrons. The number of hydrogen-bond acceptors (Lipinski definition) is 4. The molecule has 0 unspecified atom stereocenters. The van der Waals surface area contributed by atoms with Crippen molar-refractivity contribution < 1.29 is 13.9 Å². The Balaban J connectivity index is 1.39. The average molecular weight is 454 g/mol. The molecule has 0 aliphatic carbocycles. The Kier molecular flexibility index (Phi) is 6.23. The van der Waals surface area contributed by atoms with E-state index in [9.17, 15) is 9.18 Å². The minimum absolute atomic E-state index is 0.161. The highest BCUT2D eigenvalue weighted by Gasteiger charge is 2.15. The summed E-state index contributed by atoms with van der Waals surface area (Å²) in [6, 6.07) is 13.9. The van der Waals surface area contributed by atoms with E-state index in [1.165, 1.54) is 21.6 Å². The highest BCUT2D eigenvalue weighted by Crippen LogP contribution is 2.21. The third-order valence-electron chi connectivity index (χ3n) is 4.67. The number of amides is 1. The van der Waals surface area contributed by atoms with Crippen LogP contribution in [0.15, 0.2) is 60.9 Å². The van der Waals surface area contributed by atoms with Crippen LogP contribution in [0.25, 0.3) is 0 Å². The van der Waals surface area contributed by atoms with Gasteiger partial charge < -0.3 is 10.1 Å². The van der Waals surface area contributed by atoms with E-state index < -0.39 is 5.91 Å². The van der Waals surface area contributed by atoms with E-state index in [4.69, 9.17) is 16.3 Å². The SMILES string of the molecule is Cc1cc(C)cc(OCn2ccc(C(=O)Nc3nn(Cc4ccccc4F)cc3Cl)n2)c1. The van der Waals surface area contributed by atoms with Crippen molar-refractivity contribution in [1.29, 1.82) is 0 Å². The molecule has 0 saturated heterocycles. The van der Waals surface area contributed by atoms with Crippen LogP contribution in [0.1, 0.15) is 27.2 Å². The number of nitrogens with one attached hydrogen (secondary N) is 1. The summed E-state index contributed by atoms with van der Waals surface area (Å²) < 4.78 is 22.6. The molecular formula is C23H21ClFN5O2. The van der Waals surface area contributed by atoms with E-state index in [0.29, 0.717) is 5.56 Å². The van der Waals surface area contributed by atoms with Crippen molar-refractivity contribution in [1.82, 2.24) is 19.6 Å². The van der Waals surface area contributed by atoms with Crippen LogP contribution in [0.2, 0.25) is 5.02 Å². The van der Waals surface area contributed by atoms with Gasteiger partial charge in [0.2, 0.25) is 0 Å². The molecule has 1 amide bonds. The molecular weight excluding hydrogens is 433 g/mol. The van der Waals surface area contributed by atoms with Crippen LogP contribution in [-0.4, -0.2) is 25.5 Å². The zero-order valence-corrected chi connectivity index (χ0v) is 18.3. The molecule has 2 aromatic heterocycles. The summed E-state index contributed by atoms with van der Waals surface area (Å²) in [4.78, 5) is 12.6. The standard InChI is InChI=1S/C23H21ClFN5O2/c1-15-9-16(2)11-18(10-15)32-14-29-8-7-21(27-29)23(31)26-22-19(24)13-30(28-22)12-17-5-3-4-6-20(17)25/h3-11,13H,12,14H2,1-2H3,(H,26,28,31). The minimum Gasteiger partial charge on any atom is -0.471 e. The number of carbonyl (C=O) groups excluding carboxylic acids is 1. The fraction of sp³-hybridized carbons (Fsp3) is 0.174. The molecule has 32 heavy (non-hydrogen) atoms. The highest BCUT2D eigenvalue weighted by atomic mass is 35.5. The average Bonchev–Trinajstić information content (AvgIpc) is 3.34. The summed E-state index contributed by atoms with van der Waals surface area (Å²) >= 11 is 6.19. The van der Waals surface area contributed by atoms with Gasteiger partial charge in [0.15, 0.2) is 18.2 Å². The maximum Gasteiger partial charge on any atom is 0.277 e. The second kappa shape index (κ2) is 9.23. The van der Waals surface area contributed by atoms with Crippen molar-refractivity contribution in [3.8, 4) is 5.75 Å². The molecule has 0 saturated carbocycles. The van der Waals surface area contributed by atoms with Crippen molar-refractivity contribution in [3.05, 3.63) is 94.1 Å². The maximum atomic E-state index is 13.9. The summed E-state index contributed by atoms with van der Waals surface area (Å²) in [7, 11) is 0. The van der Waals surface area contributed by atoms with Crippen LogP contribution >= 0.6 is 11.6 Å². The Morgan fingerprint density at radius 2 is 1.84 bits per heavy atom. The Hall–Kier alpha value is -3.65. The third-order valence-corrected chi connectivity index (χ3v) is 4.95. The summed E-state index contributed by atoms with van der Waals surface area (Å²) in [5, 5.41) is 11.4. The molecule has 0 aliphatic rings. The molecule has 0 fully saturated rings. The number of rotatable bonds is 7. The van der Waals surface area contributed by atoms with Gasteiger partial charge in [0.25, 0.3) is 5.91 Å². The lowest BCUT2D eigenvalue weighted by molar-refractivity contribution is 0.101. The monoisotopic (exact) mass is 453 g/mol. The van der Waals surface area contributed by atoms with Crippen molar-refractivity contribution in [2.24, 2.45) is 0 Å². The zero-order valence-electron chi connectivity index (χ0n) is 17.5. The molecule has 1 N–H and O–H groups in total. The quantitative estimate of drug-likeness (QED) is 0.435. The molecule has 2 heterocycles. The number of nitrogens with zero attached hydrogens (tertiary/aromatic N) is 4. The topological polar surface area (TPSA) is 74.0 Å². The summed E-state index contributed by atoms with van der Waals surface area (Å²) in [5.74, 6) is 0.108. The molecule has 0 bridgehead atoms. The van der Waals surface area contributed by atoms with Crippen molar-refractivity contribution in [2.75, 3.05) is 5.32 Å². The largest absolute Gasteiger partial charge is 0.471 e. The predicted molar refractivity (Wildman–Crippen MR) is 119 cm³/mol. The molecule has 164 valence electrons. The number of aryl methyl sites for hydroxylation is 2. The van der Waals surface area contributed by atoms with Crippen molar-refractivity contribution in [3.63, 3.8) is 0 Å². The number of benzene rings is 2. The molecule has 9 heteroatoms. The number of halogens is 2. The number of ether oxygens (including phenoxy) is 1. The van der Waals surface area contributed by atoms with E-state index in [2.05, 4.69) is 21.6 Å². The Morgan fingerprint density at radius 3 is 2.59 bits per heavy atom. The van der Waals surface area contributed by atoms with Crippen LogP contribution in [0.4, 0.5) is 10.2 Å². The van der Waals surface area contributed by atoms with Gasteiger partial charge in [-0.3, -0.25) is 9.48 Å². The van der Waals surface area contributed by atoms with Crippen LogP contribution < -0.4 is 10.1 Å². The van der Waals surface area contributed by atoms with E-state index in [1.807, 2.05) is 26.0 Å². The van der Waals surface area contributed by atoms with Crippen molar-refractivity contribution in [2.45, 2.75) is 27.1 Å². The Bertz CT molecular complexity index is 1250. The predicted octanol–water partition coefficient (Wildman–Crippen LogP) is 4.83. The fourth-order valence-electron chi connectivity index (χ4n) is 3.25. The lowest BCUT2D eigenvalue weighted by atomic mass is 10.1. The maximum absolute atomic E-state index is 13.9. The van der Waals surface area contributed by atoms with E-state index in [-0.39, 0.29) is 35.6 Å². The first-order valence-corrected chi connectivity index (χ1v) is 10.3. The normalized spacial score (nSPS) is 10.9. The van der Waals surface area contributed by atoms with Crippen LogP contribution in [-0.2, 0) is 13.3 Å². The van der Waals surface area contributed by atoms with E-state index in [0.717, 1.165) is 16.9 Å². The summed E-state index contributed by atoms with van der Waals surface area (Å²) in [5.41, 5.74) is 2.86. The van der Waals surface area contributed by atoms with Gasteiger partial charge in [0.1, 0.15) is 16.6 Å². The molecule has 0 atom stereocenters. The Morgan fingerprint density at radius 1 is 1.09 bits per heavy atom. The second-order valence-corrected chi connectivity index (χ2v) is 7.81. The van der Waals surface area contributed by atoms with Gasteiger partial charge in [0, 0.05) is 18.0 Å². The van der Waals surface area contributed by atoms with E-state index >= 15 is 0 Å².